The highest BCUT2D eigenvalue weighted by Crippen LogP contribution is 2.37. The van der Waals surface area contributed by atoms with Crippen LogP contribution >= 0.6 is 0 Å². The fraction of sp³-hybridized carbons (Fsp3) is 0.625. The van der Waals surface area contributed by atoms with Crippen LogP contribution in [0.1, 0.15) is 37.8 Å². The molecule has 0 spiro atoms. The molecule has 3 heterocycles. The van der Waals surface area contributed by atoms with Gasteiger partial charge in [0, 0.05) is 24.4 Å². The average Bonchev–Trinajstić information content (AvgIpc) is 3.12. The zero-order chi connectivity index (χ0) is 20.1. The molecule has 0 saturated carbocycles. The van der Waals surface area contributed by atoms with E-state index in [1.54, 1.807) is 17.5 Å². The molecule has 1 amide bonds. The third kappa shape index (κ3) is 5.36. The average molecular weight is 390 g/mol. The van der Waals surface area contributed by atoms with Crippen LogP contribution in [0, 0.1) is 5.41 Å². The van der Waals surface area contributed by atoms with E-state index in [-0.39, 0.29) is 17.4 Å². The summed E-state index contributed by atoms with van der Waals surface area (Å²) in [5, 5.41) is 12.0. The summed E-state index contributed by atoms with van der Waals surface area (Å²) in [5.74, 6) is -2.67. The number of carbonyl (C=O) groups excluding carboxylic acids is 1. The summed E-state index contributed by atoms with van der Waals surface area (Å²) < 4.78 is 31.7. The van der Waals surface area contributed by atoms with Crippen molar-refractivity contribution in [1.29, 1.82) is 0 Å². The smallest absolute Gasteiger partial charge is 0.475 e. The molecule has 27 heavy (non-hydrogen) atoms. The summed E-state index contributed by atoms with van der Waals surface area (Å²) in [6.07, 6.45) is 2.44. The molecule has 11 heteroatoms. The normalized spacial score (nSPS) is 21.9. The Morgan fingerprint density at radius 2 is 1.85 bits per heavy atom. The summed E-state index contributed by atoms with van der Waals surface area (Å²) in [6, 6.07) is -0.0598. The number of halogens is 3. The van der Waals surface area contributed by atoms with Crippen molar-refractivity contribution in [1.82, 2.24) is 20.3 Å². The molecular formula is C16H21F3N4O4. The first-order valence-electron chi connectivity index (χ1n) is 8.37. The Labute approximate surface area is 153 Å². The van der Waals surface area contributed by atoms with Crippen molar-refractivity contribution in [2.75, 3.05) is 19.7 Å². The molecule has 0 radical (unpaired) electrons. The lowest BCUT2D eigenvalue weighted by atomic mass is 9.79. The number of nitrogens with zero attached hydrogens (tertiary/aromatic N) is 3. The van der Waals surface area contributed by atoms with Crippen LogP contribution in [0.3, 0.4) is 0 Å². The van der Waals surface area contributed by atoms with Crippen molar-refractivity contribution in [2.45, 2.75) is 38.4 Å². The first-order valence-corrected chi connectivity index (χ1v) is 8.37. The molecule has 0 aromatic carbocycles. The molecule has 0 bridgehead atoms. The van der Waals surface area contributed by atoms with Gasteiger partial charge in [0.1, 0.15) is 6.33 Å². The van der Waals surface area contributed by atoms with E-state index in [1.165, 1.54) is 6.33 Å². The summed E-state index contributed by atoms with van der Waals surface area (Å²) in [6.45, 7) is 4.38. The molecule has 2 aliphatic rings. The summed E-state index contributed by atoms with van der Waals surface area (Å²) in [4.78, 5) is 35.4. The van der Waals surface area contributed by atoms with Gasteiger partial charge in [-0.05, 0) is 25.9 Å². The minimum atomic E-state index is -5.08. The van der Waals surface area contributed by atoms with E-state index in [0.29, 0.717) is 6.61 Å². The van der Waals surface area contributed by atoms with Crippen LogP contribution in [0.25, 0.3) is 0 Å². The molecule has 2 N–H and O–H groups in total. The van der Waals surface area contributed by atoms with Crippen molar-refractivity contribution < 1.29 is 32.7 Å². The number of carbonyl (C=O) groups is 2. The van der Waals surface area contributed by atoms with E-state index in [0.717, 1.165) is 37.9 Å². The van der Waals surface area contributed by atoms with Crippen molar-refractivity contribution >= 4 is 11.9 Å². The molecule has 150 valence electrons. The number of piperidine rings is 1. The molecule has 0 unspecified atom stereocenters. The molecule has 2 saturated heterocycles. The lowest BCUT2D eigenvalue weighted by molar-refractivity contribution is -0.192. The maximum absolute atomic E-state index is 12.8. The SMILES string of the molecule is CC1(C(=O)N2OCC[C@H]2c2cncnc2)CCNCC1.O=C(O)C(F)(F)F. The van der Waals surface area contributed by atoms with Gasteiger partial charge < -0.3 is 10.4 Å². The van der Waals surface area contributed by atoms with E-state index in [1.807, 2.05) is 6.92 Å². The number of hydrogen-bond donors (Lipinski definition) is 2. The predicted octanol–water partition coefficient (Wildman–Crippen LogP) is 1.70. The number of hydroxylamine groups is 2. The molecule has 2 aliphatic heterocycles. The largest absolute Gasteiger partial charge is 0.490 e. The molecular weight excluding hydrogens is 369 g/mol. The Morgan fingerprint density at radius 1 is 1.30 bits per heavy atom. The topological polar surface area (TPSA) is 105 Å². The van der Waals surface area contributed by atoms with E-state index in [4.69, 9.17) is 14.7 Å². The van der Waals surface area contributed by atoms with Crippen LogP contribution in [0.4, 0.5) is 13.2 Å². The molecule has 8 nitrogen and oxygen atoms in total. The Balaban J connectivity index is 0.000000321. The van der Waals surface area contributed by atoms with Crippen LogP contribution < -0.4 is 5.32 Å². The van der Waals surface area contributed by atoms with Gasteiger partial charge in [-0.3, -0.25) is 9.63 Å². The minimum Gasteiger partial charge on any atom is -0.475 e. The van der Waals surface area contributed by atoms with E-state index in [9.17, 15) is 18.0 Å². The Kier molecular flexibility index (Phi) is 6.71. The first kappa shape index (κ1) is 21.0. The number of rotatable bonds is 2. The van der Waals surface area contributed by atoms with Crippen molar-refractivity contribution in [3.63, 3.8) is 0 Å². The number of carboxylic acid groups (broad SMARTS) is 1. The van der Waals surface area contributed by atoms with E-state index < -0.39 is 12.1 Å². The molecule has 3 rings (SSSR count). The summed E-state index contributed by atoms with van der Waals surface area (Å²) in [5.41, 5.74) is 0.611. The molecule has 0 aliphatic carbocycles. The van der Waals surface area contributed by atoms with Crippen LogP contribution in [-0.2, 0) is 14.4 Å². The number of hydrogen-bond acceptors (Lipinski definition) is 6. The Morgan fingerprint density at radius 3 is 2.37 bits per heavy atom. The van der Waals surface area contributed by atoms with Crippen LogP contribution in [-0.4, -0.2) is 57.9 Å². The maximum atomic E-state index is 12.8. The number of aromatic nitrogens is 2. The fourth-order valence-corrected chi connectivity index (χ4v) is 2.91. The predicted molar refractivity (Wildman–Crippen MR) is 86.1 cm³/mol. The van der Waals surface area contributed by atoms with Crippen molar-refractivity contribution in [3.05, 3.63) is 24.3 Å². The standard InChI is InChI=1S/C14H20N4O2.C2HF3O2/c1-14(3-5-15-6-4-14)13(19)18-12(2-7-20-18)11-8-16-10-17-9-11;3-2(4,5)1(6)7/h8-10,12,15H,2-7H2,1H3;(H,6,7)/t12-;/m0./s1. The Hall–Kier alpha value is -2.27. The second-order valence-electron chi connectivity index (χ2n) is 6.55. The highest BCUT2D eigenvalue weighted by molar-refractivity contribution is 5.82. The van der Waals surface area contributed by atoms with Gasteiger partial charge in [-0.25, -0.2) is 19.8 Å². The van der Waals surface area contributed by atoms with Gasteiger partial charge in [-0.2, -0.15) is 13.2 Å². The number of nitrogens with one attached hydrogen (secondary N) is 1. The third-order valence-electron chi connectivity index (χ3n) is 4.54. The van der Waals surface area contributed by atoms with Crippen LogP contribution in [0.5, 0.6) is 0 Å². The lowest BCUT2D eigenvalue weighted by Crippen LogP contribution is -2.47. The molecule has 1 aromatic heterocycles. The van der Waals surface area contributed by atoms with Gasteiger partial charge in [-0.15, -0.1) is 0 Å². The van der Waals surface area contributed by atoms with Crippen LogP contribution in [0.2, 0.25) is 0 Å². The van der Waals surface area contributed by atoms with Crippen molar-refractivity contribution in [3.8, 4) is 0 Å². The second-order valence-corrected chi connectivity index (χ2v) is 6.55. The summed E-state index contributed by atoms with van der Waals surface area (Å²) in [7, 11) is 0. The zero-order valence-electron chi connectivity index (χ0n) is 14.7. The van der Waals surface area contributed by atoms with E-state index >= 15 is 0 Å². The van der Waals surface area contributed by atoms with Gasteiger partial charge >= 0.3 is 12.1 Å². The molecule has 1 aromatic rings. The third-order valence-corrected chi connectivity index (χ3v) is 4.54. The molecule has 1 atom stereocenters. The maximum Gasteiger partial charge on any atom is 0.490 e. The zero-order valence-corrected chi connectivity index (χ0v) is 14.7. The van der Waals surface area contributed by atoms with Gasteiger partial charge in [0.2, 0.25) is 0 Å². The highest BCUT2D eigenvalue weighted by Gasteiger charge is 2.43. The number of carboxylic acids is 1. The van der Waals surface area contributed by atoms with Crippen LogP contribution in [0.15, 0.2) is 18.7 Å². The van der Waals surface area contributed by atoms with Gasteiger partial charge in [0.15, 0.2) is 0 Å². The number of aliphatic carboxylic acids is 1. The monoisotopic (exact) mass is 390 g/mol. The van der Waals surface area contributed by atoms with Gasteiger partial charge in [0.05, 0.1) is 18.1 Å². The lowest BCUT2D eigenvalue weighted by Gasteiger charge is -2.36. The first-order chi connectivity index (χ1) is 12.6. The highest BCUT2D eigenvalue weighted by atomic mass is 19.4. The quantitative estimate of drug-likeness (QED) is 0.792. The minimum absolute atomic E-state index is 0.0598. The van der Waals surface area contributed by atoms with Crippen molar-refractivity contribution in [2.24, 2.45) is 5.41 Å². The fourth-order valence-electron chi connectivity index (χ4n) is 2.91. The summed E-state index contributed by atoms with van der Waals surface area (Å²) >= 11 is 0. The number of amides is 1. The van der Waals surface area contributed by atoms with E-state index in [2.05, 4.69) is 15.3 Å². The number of alkyl halides is 3. The van der Waals surface area contributed by atoms with Gasteiger partial charge in [0.25, 0.3) is 5.91 Å². The molecule has 2 fully saturated rings. The second kappa shape index (κ2) is 8.61. The van der Waals surface area contributed by atoms with Gasteiger partial charge in [-0.1, -0.05) is 6.92 Å². The Bertz CT molecular complexity index is 651.